The van der Waals surface area contributed by atoms with Crippen molar-refractivity contribution in [3.05, 3.63) is 64.2 Å². The Balaban J connectivity index is 1.75. The fraction of sp³-hybridized carbons (Fsp3) is 0.222. The summed E-state index contributed by atoms with van der Waals surface area (Å²) in [7, 11) is 1.57. The van der Waals surface area contributed by atoms with Gasteiger partial charge in [0.1, 0.15) is 29.0 Å². The van der Waals surface area contributed by atoms with E-state index in [2.05, 4.69) is 15.6 Å². The molecule has 0 aliphatic rings. The van der Waals surface area contributed by atoms with Crippen LogP contribution in [0.4, 0.5) is 4.39 Å². The second-order valence-electron chi connectivity index (χ2n) is 5.75. The molecule has 1 atom stereocenters. The molecule has 1 amide bonds. The topological polar surface area (TPSA) is 86.1 Å². The monoisotopic (exact) mass is 356 g/mol. The van der Waals surface area contributed by atoms with Crippen LogP contribution in [-0.4, -0.2) is 28.0 Å². The van der Waals surface area contributed by atoms with Crippen molar-refractivity contribution < 1.29 is 13.9 Å². The SMILES string of the molecule is COc1ccc(C(C)NC(=O)Cn2nnc3cccc(F)c3c2=O)cc1. The lowest BCUT2D eigenvalue weighted by atomic mass is 10.1. The highest BCUT2D eigenvalue weighted by molar-refractivity contribution is 5.79. The largest absolute Gasteiger partial charge is 0.497 e. The minimum Gasteiger partial charge on any atom is -0.497 e. The summed E-state index contributed by atoms with van der Waals surface area (Å²) < 4.78 is 19.8. The molecule has 1 unspecified atom stereocenters. The molecule has 1 heterocycles. The lowest BCUT2D eigenvalue weighted by Crippen LogP contribution is -2.35. The number of rotatable bonds is 5. The van der Waals surface area contributed by atoms with Crippen molar-refractivity contribution in [2.75, 3.05) is 7.11 Å². The molecular weight excluding hydrogens is 339 g/mol. The first-order valence-corrected chi connectivity index (χ1v) is 7.95. The molecule has 3 aromatic rings. The number of methoxy groups -OCH3 is 1. The maximum absolute atomic E-state index is 13.9. The van der Waals surface area contributed by atoms with Gasteiger partial charge < -0.3 is 10.1 Å². The van der Waals surface area contributed by atoms with E-state index in [4.69, 9.17) is 4.74 Å². The number of ether oxygens (including phenoxy) is 1. The van der Waals surface area contributed by atoms with Gasteiger partial charge in [0.25, 0.3) is 5.56 Å². The zero-order valence-corrected chi connectivity index (χ0v) is 14.3. The molecule has 3 rings (SSSR count). The summed E-state index contributed by atoms with van der Waals surface area (Å²) in [5.74, 6) is -0.407. The quantitative estimate of drug-likeness (QED) is 0.754. The average molecular weight is 356 g/mol. The number of nitrogens with one attached hydrogen (secondary N) is 1. The van der Waals surface area contributed by atoms with Gasteiger partial charge >= 0.3 is 0 Å². The number of amides is 1. The minimum absolute atomic E-state index is 0.151. The lowest BCUT2D eigenvalue weighted by molar-refractivity contribution is -0.122. The van der Waals surface area contributed by atoms with Crippen molar-refractivity contribution in [3.63, 3.8) is 0 Å². The standard InChI is InChI=1S/C18H17FN4O3/c1-11(12-6-8-13(26-2)9-7-12)20-16(24)10-23-18(25)17-14(19)4-3-5-15(17)21-22-23/h3-9,11H,10H2,1-2H3,(H,20,24). The van der Waals surface area contributed by atoms with E-state index in [1.165, 1.54) is 18.2 Å². The predicted octanol–water partition coefficient (Wildman–Crippen LogP) is 1.82. The predicted molar refractivity (Wildman–Crippen MR) is 93.3 cm³/mol. The normalized spacial score (nSPS) is 12.0. The summed E-state index contributed by atoms with van der Waals surface area (Å²) in [6.07, 6.45) is 0. The molecule has 0 bridgehead atoms. The number of carbonyl (C=O) groups is 1. The first kappa shape index (κ1) is 17.5. The van der Waals surface area contributed by atoms with Crippen molar-refractivity contribution in [2.45, 2.75) is 19.5 Å². The third-order valence-corrected chi connectivity index (χ3v) is 3.99. The van der Waals surface area contributed by atoms with Crippen molar-refractivity contribution in [2.24, 2.45) is 0 Å². The second kappa shape index (κ2) is 7.30. The highest BCUT2D eigenvalue weighted by atomic mass is 19.1. The Kier molecular flexibility index (Phi) is 4.92. The van der Waals surface area contributed by atoms with Crippen molar-refractivity contribution >= 4 is 16.8 Å². The van der Waals surface area contributed by atoms with E-state index in [9.17, 15) is 14.0 Å². The van der Waals surface area contributed by atoms with E-state index >= 15 is 0 Å². The Labute approximate surface area is 148 Å². The molecule has 0 saturated carbocycles. The molecule has 0 aliphatic carbocycles. The maximum Gasteiger partial charge on any atom is 0.281 e. The van der Waals surface area contributed by atoms with Gasteiger partial charge in [0, 0.05) is 0 Å². The molecule has 26 heavy (non-hydrogen) atoms. The molecular formula is C18H17FN4O3. The summed E-state index contributed by atoms with van der Waals surface area (Å²) in [5, 5.41) is 10.1. The maximum atomic E-state index is 13.9. The molecule has 0 spiro atoms. The molecule has 134 valence electrons. The van der Waals surface area contributed by atoms with Crippen LogP contribution in [0.3, 0.4) is 0 Å². The van der Waals surface area contributed by atoms with Gasteiger partial charge in [-0.15, -0.1) is 5.10 Å². The molecule has 0 radical (unpaired) electrons. The number of hydrogen-bond donors (Lipinski definition) is 1. The first-order chi connectivity index (χ1) is 12.5. The van der Waals surface area contributed by atoms with Crippen LogP contribution in [0.15, 0.2) is 47.3 Å². The highest BCUT2D eigenvalue weighted by Gasteiger charge is 2.14. The van der Waals surface area contributed by atoms with Crippen molar-refractivity contribution in [1.82, 2.24) is 20.3 Å². The molecule has 8 heteroatoms. The molecule has 0 aliphatic heterocycles. The lowest BCUT2D eigenvalue weighted by Gasteiger charge is -2.15. The molecule has 2 aromatic carbocycles. The average Bonchev–Trinajstić information content (AvgIpc) is 2.64. The number of benzene rings is 2. The number of hydrogen-bond acceptors (Lipinski definition) is 5. The van der Waals surface area contributed by atoms with Crippen LogP contribution < -0.4 is 15.6 Å². The highest BCUT2D eigenvalue weighted by Crippen LogP contribution is 2.17. The van der Waals surface area contributed by atoms with E-state index in [1.807, 2.05) is 19.1 Å². The van der Waals surface area contributed by atoms with Gasteiger partial charge in [-0.3, -0.25) is 9.59 Å². The van der Waals surface area contributed by atoms with Crippen molar-refractivity contribution in [1.29, 1.82) is 0 Å². The number of carbonyl (C=O) groups excluding carboxylic acids is 1. The Morgan fingerprint density at radius 2 is 2.00 bits per heavy atom. The summed E-state index contributed by atoms with van der Waals surface area (Å²) in [4.78, 5) is 24.6. The Morgan fingerprint density at radius 1 is 1.27 bits per heavy atom. The van der Waals surface area contributed by atoms with Gasteiger partial charge in [-0.25, -0.2) is 9.07 Å². The zero-order chi connectivity index (χ0) is 18.7. The number of halogens is 1. The van der Waals surface area contributed by atoms with Crippen LogP contribution in [0.5, 0.6) is 5.75 Å². The van der Waals surface area contributed by atoms with E-state index in [1.54, 1.807) is 19.2 Å². The Bertz CT molecular complexity index is 1000. The molecule has 0 saturated heterocycles. The molecule has 1 aromatic heterocycles. The second-order valence-corrected chi connectivity index (χ2v) is 5.75. The van der Waals surface area contributed by atoms with Crippen LogP contribution in [0.25, 0.3) is 10.9 Å². The third kappa shape index (κ3) is 3.53. The molecule has 0 fully saturated rings. The Hall–Kier alpha value is -3.29. The van der Waals surface area contributed by atoms with Crippen LogP contribution in [0.1, 0.15) is 18.5 Å². The van der Waals surface area contributed by atoms with Gasteiger partial charge in [0.05, 0.1) is 13.2 Å². The molecule has 1 N–H and O–H groups in total. The number of aromatic nitrogens is 3. The van der Waals surface area contributed by atoms with Crippen LogP contribution >= 0.6 is 0 Å². The van der Waals surface area contributed by atoms with E-state index in [0.717, 1.165) is 10.2 Å². The smallest absolute Gasteiger partial charge is 0.281 e. The fourth-order valence-corrected chi connectivity index (χ4v) is 2.58. The van der Waals surface area contributed by atoms with Gasteiger partial charge in [-0.1, -0.05) is 23.4 Å². The number of fused-ring (bicyclic) bond motifs is 1. The summed E-state index contributed by atoms with van der Waals surface area (Å²) in [5.41, 5.74) is 0.334. The Morgan fingerprint density at radius 3 is 2.69 bits per heavy atom. The van der Waals surface area contributed by atoms with E-state index in [0.29, 0.717) is 5.75 Å². The number of nitrogens with zero attached hydrogens (tertiary/aromatic N) is 3. The van der Waals surface area contributed by atoms with Gasteiger partial charge in [-0.05, 0) is 36.8 Å². The van der Waals surface area contributed by atoms with E-state index in [-0.39, 0.29) is 23.5 Å². The van der Waals surface area contributed by atoms with Crippen LogP contribution in [0.2, 0.25) is 0 Å². The van der Waals surface area contributed by atoms with Crippen LogP contribution in [0, 0.1) is 5.82 Å². The van der Waals surface area contributed by atoms with Crippen LogP contribution in [-0.2, 0) is 11.3 Å². The summed E-state index contributed by atoms with van der Waals surface area (Å²) in [6, 6.07) is 11.1. The van der Waals surface area contributed by atoms with Crippen molar-refractivity contribution in [3.8, 4) is 5.75 Å². The fourth-order valence-electron chi connectivity index (χ4n) is 2.58. The third-order valence-electron chi connectivity index (χ3n) is 3.99. The van der Waals surface area contributed by atoms with Gasteiger partial charge in [-0.2, -0.15) is 0 Å². The summed E-state index contributed by atoms with van der Waals surface area (Å²) >= 11 is 0. The minimum atomic E-state index is -0.694. The summed E-state index contributed by atoms with van der Waals surface area (Å²) in [6.45, 7) is 1.46. The molecule has 7 nitrogen and oxygen atoms in total. The first-order valence-electron chi connectivity index (χ1n) is 7.95. The zero-order valence-electron chi connectivity index (χ0n) is 14.3. The van der Waals surface area contributed by atoms with Gasteiger partial charge in [0.2, 0.25) is 5.91 Å². The van der Waals surface area contributed by atoms with E-state index < -0.39 is 17.3 Å². The van der Waals surface area contributed by atoms with Gasteiger partial charge in [0.15, 0.2) is 0 Å².